The molecule has 2 N–H and O–H groups in total. The number of nitrogens with one attached hydrogen (secondary N) is 1. The Morgan fingerprint density at radius 2 is 2.00 bits per heavy atom. The highest BCUT2D eigenvalue weighted by Gasteiger charge is 2.44. The molecule has 0 spiro atoms. The van der Waals surface area contributed by atoms with E-state index >= 15 is 0 Å². The molecule has 1 amide bonds. The molecule has 0 aliphatic heterocycles. The second kappa shape index (κ2) is 6.04. The average molecular weight is 321 g/mol. The zero-order valence-electron chi connectivity index (χ0n) is 14.8. The summed E-state index contributed by atoms with van der Waals surface area (Å²) in [5.41, 5.74) is 1.19. The van der Waals surface area contributed by atoms with Crippen LogP contribution in [-0.2, 0) is 21.3 Å². The van der Waals surface area contributed by atoms with Crippen molar-refractivity contribution in [1.82, 2.24) is 5.32 Å². The molecule has 1 aromatic rings. The standard InChI is InChI=1S/C18H27NO4/c1-17(2,3)23-16(21)19-15-14(22-6)9-11-7-8-12(20)10-13(11)18(15,4)5/h7-8,10,14-15,20H,9H2,1-6H3,(H,19,21). The van der Waals surface area contributed by atoms with Crippen LogP contribution in [0.15, 0.2) is 18.2 Å². The van der Waals surface area contributed by atoms with Gasteiger partial charge < -0.3 is 19.9 Å². The number of rotatable bonds is 2. The molecule has 0 saturated heterocycles. The van der Waals surface area contributed by atoms with Crippen molar-refractivity contribution in [1.29, 1.82) is 0 Å². The molecule has 2 unspecified atom stereocenters. The van der Waals surface area contributed by atoms with Crippen LogP contribution >= 0.6 is 0 Å². The Labute approximate surface area is 138 Å². The van der Waals surface area contributed by atoms with Crippen molar-refractivity contribution in [3.8, 4) is 5.75 Å². The number of amides is 1. The zero-order chi connectivity index (χ0) is 17.4. The molecule has 128 valence electrons. The van der Waals surface area contributed by atoms with E-state index in [0.29, 0.717) is 6.42 Å². The van der Waals surface area contributed by atoms with Crippen molar-refractivity contribution in [2.24, 2.45) is 0 Å². The minimum absolute atomic E-state index is 0.158. The van der Waals surface area contributed by atoms with Crippen molar-refractivity contribution < 1.29 is 19.4 Å². The molecule has 1 aliphatic rings. The van der Waals surface area contributed by atoms with Crippen LogP contribution in [0.2, 0.25) is 0 Å². The van der Waals surface area contributed by atoms with E-state index in [2.05, 4.69) is 5.32 Å². The number of methoxy groups -OCH3 is 1. The first-order chi connectivity index (χ1) is 10.5. The fourth-order valence-corrected chi connectivity index (χ4v) is 3.24. The third-order valence-electron chi connectivity index (χ3n) is 4.33. The van der Waals surface area contributed by atoms with Gasteiger partial charge >= 0.3 is 6.09 Å². The third-order valence-corrected chi connectivity index (χ3v) is 4.33. The fourth-order valence-electron chi connectivity index (χ4n) is 3.24. The van der Waals surface area contributed by atoms with Crippen molar-refractivity contribution in [2.45, 2.75) is 64.2 Å². The number of phenolic OH excluding ortho intramolecular Hbond substituents is 1. The molecule has 2 rings (SSSR count). The predicted octanol–water partition coefficient (Wildman–Crippen LogP) is 3.13. The number of phenols is 1. The predicted molar refractivity (Wildman–Crippen MR) is 88.8 cm³/mol. The molecule has 1 aromatic carbocycles. The maximum absolute atomic E-state index is 12.2. The minimum Gasteiger partial charge on any atom is -0.508 e. The van der Waals surface area contributed by atoms with Crippen molar-refractivity contribution in [3.63, 3.8) is 0 Å². The third kappa shape index (κ3) is 3.78. The molecular formula is C18H27NO4. The van der Waals surface area contributed by atoms with Crippen LogP contribution in [-0.4, -0.2) is 36.1 Å². The highest BCUT2D eigenvalue weighted by atomic mass is 16.6. The Hall–Kier alpha value is -1.75. The Morgan fingerprint density at radius 3 is 2.57 bits per heavy atom. The van der Waals surface area contributed by atoms with E-state index in [-0.39, 0.29) is 17.9 Å². The van der Waals surface area contributed by atoms with Crippen LogP contribution in [0.5, 0.6) is 5.75 Å². The second-order valence-corrected chi connectivity index (χ2v) is 7.67. The summed E-state index contributed by atoms with van der Waals surface area (Å²) in [6.07, 6.45) is 0.0616. The largest absolute Gasteiger partial charge is 0.508 e. The van der Waals surface area contributed by atoms with Gasteiger partial charge in [-0.25, -0.2) is 4.79 Å². The van der Waals surface area contributed by atoms with Gasteiger partial charge in [-0.2, -0.15) is 0 Å². The molecule has 0 saturated carbocycles. The monoisotopic (exact) mass is 321 g/mol. The first-order valence-electron chi connectivity index (χ1n) is 7.89. The Bertz CT molecular complexity index is 589. The summed E-state index contributed by atoms with van der Waals surface area (Å²) in [5, 5.41) is 12.8. The number of ether oxygens (including phenoxy) is 2. The first kappa shape index (κ1) is 17.6. The lowest BCUT2D eigenvalue weighted by Gasteiger charge is -2.45. The zero-order valence-corrected chi connectivity index (χ0v) is 14.8. The fraction of sp³-hybridized carbons (Fsp3) is 0.611. The summed E-state index contributed by atoms with van der Waals surface area (Å²) in [5.74, 6) is 0.226. The smallest absolute Gasteiger partial charge is 0.407 e. The van der Waals surface area contributed by atoms with Crippen LogP contribution in [0.25, 0.3) is 0 Å². The number of carbonyl (C=O) groups excluding carboxylic acids is 1. The van der Waals surface area contributed by atoms with Crippen molar-refractivity contribution in [2.75, 3.05) is 7.11 Å². The summed E-state index contributed by atoms with van der Waals surface area (Å²) in [6.45, 7) is 9.58. The minimum atomic E-state index is -0.554. The number of carbonyl (C=O) groups is 1. The highest BCUT2D eigenvalue weighted by molar-refractivity contribution is 5.69. The van der Waals surface area contributed by atoms with E-state index in [1.54, 1.807) is 19.2 Å². The Balaban J connectivity index is 2.32. The van der Waals surface area contributed by atoms with E-state index in [0.717, 1.165) is 11.1 Å². The number of aromatic hydroxyl groups is 1. The summed E-state index contributed by atoms with van der Waals surface area (Å²) in [7, 11) is 1.65. The highest BCUT2D eigenvalue weighted by Crippen LogP contribution is 2.39. The summed E-state index contributed by atoms with van der Waals surface area (Å²) in [6, 6.07) is 5.12. The number of hydrogen-bond donors (Lipinski definition) is 2. The van der Waals surface area contributed by atoms with Crippen LogP contribution in [0, 0.1) is 0 Å². The van der Waals surface area contributed by atoms with Crippen LogP contribution < -0.4 is 5.32 Å². The van der Waals surface area contributed by atoms with Crippen LogP contribution in [0.4, 0.5) is 4.79 Å². The number of alkyl carbamates (subject to hydrolysis) is 1. The van der Waals surface area contributed by atoms with Gasteiger partial charge in [0.2, 0.25) is 0 Å². The molecule has 0 bridgehead atoms. The molecule has 23 heavy (non-hydrogen) atoms. The molecule has 0 aromatic heterocycles. The second-order valence-electron chi connectivity index (χ2n) is 7.67. The van der Waals surface area contributed by atoms with Crippen LogP contribution in [0.3, 0.4) is 0 Å². The van der Waals surface area contributed by atoms with E-state index in [1.807, 2.05) is 40.7 Å². The van der Waals surface area contributed by atoms with Gasteiger partial charge in [0.25, 0.3) is 0 Å². The van der Waals surface area contributed by atoms with Crippen molar-refractivity contribution in [3.05, 3.63) is 29.3 Å². The van der Waals surface area contributed by atoms with Crippen molar-refractivity contribution >= 4 is 6.09 Å². The van der Waals surface area contributed by atoms with Gasteiger partial charge in [-0.1, -0.05) is 19.9 Å². The lowest BCUT2D eigenvalue weighted by atomic mass is 9.68. The van der Waals surface area contributed by atoms with Crippen LogP contribution in [0.1, 0.15) is 45.7 Å². The van der Waals surface area contributed by atoms with Gasteiger partial charge in [0.1, 0.15) is 11.4 Å². The molecule has 0 fully saturated rings. The van der Waals surface area contributed by atoms with E-state index < -0.39 is 17.1 Å². The normalized spacial score (nSPS) is 23.0. The van der Waals surface area contributed by atoms with Gasteiger partial charge in [0.05, 0.1) is 12.1 Å². The summed E-state index contributed by atoms with van der Waals surface area (Å²) < 4.78 is 11.0. The van der Waals surface area contributed by atoms with Gasteiger partial charge in [-0.05, 0) is 44.0 Å². The van der Waals surface area contributed by atoms with E-state index in [9.17, 15) is 9.90 Å². The maximum Gasteiger partial charge on any atom is 0.407 e. The lowest BCUT2D eigenvalue weighted by molar-refractivity contribution is 0.0156. The molecule has 0 radical (unpaired) electrons. The maximum atomic E-state index is 12.2. The van der Waals surface area contributed by atoms with E-state index in [1.165, 1.54) is 0 Å². The molecule has 0 heterocycles. The van der Waals surface area contributed by atoms with Gasteiger partial charge in [0.15, 0.2) is 0 Å². The summed E-state index contributed by atoms with van der Waals surface area (Å²) in [4.78, 5) is 12.2. The number of fused-ring (bicyclic) bond motifs is 1. The first-order valence-corrected chi connectivity index (χ1v) is 7.89. The number of benzene rings is 1. The molecule has 2 atom stereocenters. The topological polar surface area (TPSA) is 67.8 Å². The van der Waals surface area contributed by atoms with Gasteiger partial charge in [0, 0.05) is 18.9 Å². The Kier molecular flexibility index (Phi) is 4.62. The summed E-state index contributed by atoms with van der Waals surface area (Å²) >= 11 is 0. The van der Waals surface area contributed by atoms with Gasteiger partial charge in [-0.15, -0.1) is 0 Å². The molecule has 1 aliphatic carbocycles. The average Bonchev–Trinajstić information content (AvgIpc) is 2.40. The van der Waals surface area contributed by atoms with Gasteiger partial charge in [-0.3, -0.25) is 0 Å². The Morgan fingerprint density at radius 1 is 1.35 bits per heavy atom. The quantitative estimate of drug-likeness (QED) is 0.878. The molecule has 5 nitrogen and oxygen atoms in total. The number of hydrogen-bond acceptors (Lipinski definition) is 4. The lowest BCUT2D eigenvalue weighted by Crippen LogP contribution is -2.58. The SMILES string of the molecule is COC1Cc2ccc(O)cc2C(C)(C)C1NC(=O)OC(C)(C)C. The van der Waals surface area contributed by atoms with E-state index in [4.69, 9.17) is 9.47 Å². The molecule has 5 heteroatoms. The molecular weight excluding hydrogens is 294 g/mol.